The Bertz CT molecular complexity index is 385. The van der Waals surface area contributed by atoms with Crippen LogP contribution in [0.4, 0.5) is 0 Å². The fraction of sp³-hybridized carbons (Fsp3) is 0.786. The predicted octanol–water partition coefficient (Wildman–Crippen LogP) is 2.69. The van der Waals surface area contributed by atoms with Gasteiger partial charge in [-0.3, -0.25) is 4.90 Å². The summed E-state index contributed by atoms with van der Waals surface area (Å²) in [6, 6.07) is 2.49. The molecule has 2 aliphatic heterocycles. The van der Waals surface area contributed by atoms with E-state index in [1.807, 2.05) is 6.92 Å². The highest BCUT2D eigenvalue weighted by molar-refractivity contribution is 5.09. The van der Waals surface area contributed by atoms with E-state index in [0.717, 1.165) is 31.2 Å². The van der Waals surface area contributed by atoms with E-state index in [1.165, 1.54) is 32.1 Å². The predicted molar refractivity (Wildman–Crippen MR) is 68.4 cm³/mol. The molecule has 18 heavy (non-hydrogen) atoms. The van der Waals surface area contributed by atoms with Gasteiger partial charge in [0.15, 0.2) is 5.76 Å². The normalized spacial score (nSPS) is 29.8. The number of aromatic nitrogens is 1. The van der Waals surface area contributed by atoms with E-state index in [-0.39, 0.29) is 0 Å². The second-order valence-electron chi connectivity index (χ2n) is 5.51. The van der Waals surface area contributed by atoms with Crippen LogP contribution in [0.25, 0.3) is 0 Å². The molecular weight excluding hydrogens is 228 g/mol. The van der Waals surface area contributed by atoms with Crippen LogP contribution in [0.15, 0.2) is 10.6 Å². The van der Waals surface area contributed by atoms with Crippen LogP contribution in [0.3, 0.4) is 0 Å². The maximum atomic E-state index is 5.84. The van der Waals surface area contributed by atoms with Gasteiger partial charge >= 0.3 is 0 Å². The maximum Gasteiger partial charge on any atom is 0.154 e. The number of hydrogen-bond donors (Lipinski definition) is 0. The van der Waals surface area contributed by atoms with Crippen molar-refractivity contribution in [1.82, 2.24) is 10.1 Å². The molecule has 2 fully saturated rings. The monoisotopic (exact) mass is 250 g/mol. The summed E-state index contributed by atoms with van der Waals surface area (Å²) in [5.74, 6) is 1.03. The molecule has 0 amide bonds. The Morgan fingerprint density at radius 3 is 3.00 bits per heavy atom. The zero-order valence-electron chi connectivity index (χ0n) is 11.1. The Hall–Kier alpha value is -0.870. The largest absolute Gasteiger partial charge is 0.377 e. The number of likely N-dealkylation sites (tertiary alicyclic amines) is 1. The molecule has 0 aliphatic carbocycles. The van der Waals surface area contributed by atoms with Crippen molar-refractivity contribution in [2.75, 3.05) is 19.7 Å². The smallest absolute Gasteiger partial charge is 0.154 e. The van der Waals surface area contributed by atoms with Crippen LogP contribution >= 0.6 is 0 Å². The molecule has 0 radical (unpaired) electrons. The maximum absolute atomic E-state index is 5.84. The first-order chi connectivity index (χ1) is 8.83. The first-order valence-corrected chi connectivity index (χ1v) is 7.12. The van der Waals surface area contributed by atoms with E-state index < -0.39 is 0 Å². The van der Waals surface area contributed by atoms with Gasteiger partial charge in [-0.15, -0.1) is 0 Å². The van der Waals surface area contributed by atoms with Gasteiger partial charge in [0.2, 0.25) is 0 Å². The zero-order valence-corrected chi connectivity index (χ0v) is 11.1. The van der Waals surface area contributed by atoms with Gasteiger partial charge in [0.25, 0.3) is 0 Å². The van der Waals surface area contributed by atoms with E-state index >= 15 is 0 Å². The number of nitrogens with zero attached hydrogens (tertiary/aromatic N) is 2. The van der Waals surface area contributed by atoms with E-state index in [1.54, 1.807) is 0 Å². The molecule has 3 rings (SSSR count). The van der Waals surface area contributed by atoms with Crippen LogP contribution in [0.2, 0.25) is 0 Å². The number of hydrogen-bond acceptors (Lipinski definition) is 4. The van der Waals surface area contributed by atoms with Crippen LogP contribution in [0.5, 0.6) is 0 Å². The van der Waals surface area contributed by atoms with Crippen molar-refractivity contribution < 1.29 is 9.26 Å². The molecule has 2 unspecified atom stereocenters. The first kappa shape index (κ1) is 12.2. The molecule has 0 spiro atoms. The van der Waals surface area contributed by atoms with Gasteiger partial charge in [0.05, 0.1) is 17.8 Å². The quantitative estimate of drug-likeness (QED) is 0.826. The Balaban J connectivity index is 1.63. The van der Waals surface area contributed by atoms with E-state index in [2.05, 4.69) is 16.1 Å². The molecule has 0 aromatic carbocycles. The van der Waals surface area contributed by atoms with E-state index in [4.69, 9.17) is 9.26 Å². The van der Waals surface area contributed by atoms with Crippen LogP contribution in [0, 0.1) is 6.92 Å². The molecule has 0 N–H and O–H groups in total. The minimum Gasteiger partial charge on any atom is -0.377 e. The minimum absolute atomic E-state index is 0.414. The van der Waals surface area contributed by atoms with Gasteiger partial charge in [0.1, 0.15) is 0 Å². The molecule has 3 heterocycles. The van der Waals surface area contributed by atoms with Crippen molar-refractivity contribution in [3.05, 3.63) is 17.5 Å². The second kappa shape index (κ2) is 5.41. The highest BCUT2D eigenvalue weighted by atomic mass is 16.5. The van der Waals surface area contributed by atoms with Crippen LogP contribution in [-0.4, -0.2) is 35.9 Å². The second-order valence-corrected chi connectivity index (χ2v) is 5.51. The molecular formula is C14H22N2O2. The SMILES string of the molecule is Cc1cc(C2CCCN2CC2CCCCO2)on1. The molecule has 2 atom stereocenters. The summed E-state index contributed by atoms with van der Waals surface area (Å²) in [4.78, 5) is 2.51. The van der Waals surface area contributed by atoms with Crippen LogP contribution in [-0.2, 0) is 4.74 Å². The molecule has 0 bridgehead atoms. The Morgan fingerprint density at radius 1 is 1.33 bits per heavy atom. The summed E-state index contributed by atoms with van der Waals surface area (Å²) in [6.07, 6.45) is 6.59. The molecule has 2 aliphatic rings. The van der Waals surface area contributed by atoms with Crippen molar-refractivity contribution in [2.24, 2.45) is 0 Å². The average Bonchev–Trinajstić information content (AvgIpc) is 2.99. The third-order valence-electron chi connectivity index (χ3n) is 4.05. The molecule has 4 nitrogen and oxygen atoms in total. The van der Waals surface area contributed by atoms with Crippen molar-refractivity contribution >= 4 is 0 Å². The van der Waals surface area contributed by atoms with Crippen molar-refractivity contribution in [3.63, 3.8) is 0 Å². The van der Waals surface area contributed by atoms with E-state index in [0.29, 0.717) is 12.1 Å². The van der Waals surface area contributed by atoms with Crippen LogP contribution < -0.4 is 0 Å². The molecule has 1 aromatic heterocycles. The number of rotatable bonds is 3. The lowest BCUT2D eigenvalue weighted by molar-refractivity contribution is -0.00966. The third kappa shape index (κ3) is 2.59. The minimum atomic E-state index is 0.414. The van der Waals surface area contributed by atoms with Crippen LogP contribution in [0.1, 0.15) is 49.6 Å². The summed E-state index contributed by atoms with van der Waals surface area (Å²) in [6.45, 7) is 5.12. The molecule has 4 heteroatoms. The molecule has 2 saturated heterocycles. The van der Waals surface area contributed by atoms with Crippen molar-refractivity contribution in [2.45, 2.75) is 51.2 Å². The molecule has 100 valence electrons. The summed E-state index contributed by atoms with van der Waals surface area (Å²) in [5.41, 5.74) is 0.978. The Labute approximate surface area is 108 Å². The van der Waals surface area contributed by atoms with Gasteiger partial charge in [-0.05, 0) is 45.6 Å². The molecule has 0 saturated carbocycles. The summed E-state index contributed by atoms with van der Waals surface area (Å²) >= 11 is 0. The van der Waals surface area contributed by atoms with Gasteiger partial charge in [-0.2, -0.15) is 0 Å². The standard InChI is InChI=1S/C14H22N2O2/c1-11-9-14(18-15-11)13-6-4-7-16(13)10-12-5-2-3-8-17-12/h9,12-13H,2-8,10H2,1H3. The highest BCUT2D eigenvalue weighted by Crippen LogP contribution is 2.33. The van der Waals surface area contributed by atoms with Crippen molar-refractivity contribution in [1.29, 1.82) is 0 Å². The lowest BCUT2D eigenvalue weighted by Crippen LogP contribution is -2.35. The number of ether oxygens (including phenoxy) is 1. The van der Waals surface area contributed by atoms with Gasteiger partial charge < -0.3 is 9.26 Å². The lowest BCUT2D eigenvalue weighted by atomic mass is 10.1. The number of aryl methyl sites for hydroxylation is 1. The lowest BCUT2D eigenvalue weighted by Gasteiger charge is -2.29. The topological polar surface area (TPSA) is 38.5 Å². The molecule has 1 aromatic rings. The summed E-state index contributed by atoms with van der Waals surface area (Å²) in [7, 11) is 0. The Morgan fingerprint density at radius 2 is 2.28 bits per heavy atom. The highest BCUT2D eigenvalue weighted by Gasteiger charge is 2.31. The van der Waals surface area contributed by atoms with Crippen molar-refractivity contribution in [3.8, 4) is 0 Å². The third-order valence-corrected chi connectivity index (χ3v) is 4.05. The Kier molecular flexibility index (Phi) is 3.66. The van der Waals surface area contributed by atoms with Gasteiger partial charge in [-0.1, -0.05) is 5.16 Å². The first-order valence-electron chi connectivity index (χ1n) is 7.12. The fourth-order valence-electron chi connectivity index (χ4n) is 3.12. The van der Waals surface area contributed by atoms with E-state index in [9.17, 15) is 0 Å². The van der Waals surface area contributed by atoms with Gasteiger partial charge in [0, 0.05) is 19.2 Å². The summed E-state index contributed by atoms with van der Waals surface area (Å²) in [5, 5.41) is 4.01. The summed E-state index contributed by atoms with van der Waals surface area (Å²) < 4.78 is 11.3. The van der Waals surface area contributed by atoms with Gasteiger partial charge in [-0.25, -0.2) is 0 Å². The average molecular weight is 250 g/mol. The fourth-order valence-corrected chi connectivity index (χ4v) is 3.12. The zero-order chi connectivity index (χ0) is 12.4.